The highest BCUT2D eigenvalue weighted by atomic mass is 16.1. The first-order valence-electron chi connectivity index (χ1n) is 6.14. The van der Waals surface area contributed by atoms with Crippen molar-refractivity contribution in [3.63, 3.8) is 0 Å². The minimum absolute atomic E-state index is 0.213. The van der Waals surface area contributed by atoms with E-state index >= 15 is 0 Å². The molecule has 5 nitrogen and oxygen atoms in total. The van der Waals surface area contributed by atoms with E-state index in [0.29, 0.717) is 6.04 Å². The number of rotatable bonds is 5. The van der Waals surface area contributed by atoms with Crippen molar-refractivity contribution in [3.05, 3.63) is 17.8 Å². The molecule has 5 heteroatoms. The van der Waals surface area contributed by atoms with Gasteiger partial charge in [-0.2, -0.15) is 0 Å². The molecule has 0 aliphatic heterocycles. The number of nitrogens with zero attached hydrogens (tertiary/aromatic N) is 2. The summed E-state index contributed by atoms with van der Waals surface area (Å²) in [5.74, 6) is 1.82. The van der Waals surface area contributed by atoms with E-state index in [1.54, 1.807) is 12.1 Å². The number of carbonyl (C=O) groups is 1. The Bertz CT molecular complexity index is 411. The second kappa shape index (κ2) is 3.98. The van der Waals surface area contributed by atoms with Crippen LogP contribution in [0.25, 0.3) is 0 Å². The van der Waals surface area contributed by atoms with Gasteiger partial charge in [0, 0.05) is 6.04 Å². The first kappa shape index (κ1) is 10.5. The van der Waals surface area contributed by atoms with Gasteiger partial charge in [-0.1, -0.05) is 0 Å². The third-order valence-electron chi connectivity index (χ3n) is 3.49. The molecule has 0 spiro atoms. The average Bonchev–Trinajstić information content (AvgIpc) is 3.17. The topological polar surface area (TPSA) is 80.9 Å². The molecule has 1 amide bonds. The molecule has 0 aromatic carbocycles. The molecule has 1 aromatic heterocycles. The number of anilines is 1. The van der Waals surface area contributed by atoms with Gasteiger partial charge in [-0.25, -0.2) is 0 Å². The maximum Gasteiger partial charge on any atom is 0.269 e. The quantitative estimate of drug-likeness (QED) is 0.798. The second-order valence-corrected chi connectivity index (χ2v) is 5.01. The first-order chi connectivity index (χ1) is 8.24. The molecule has 17 heavy (non-hydrogen) atoms. The smallest absolute Gasteiger partial charge is 0.269 e. The van der Waals surface area contributed by atoms with Crippen LogP contribution in [0.2, 0.25) is 0 Å². The van der Waals surface area contributed by atoms with Crippen LogP contribution in [0.5, 0.6) is 0 Å². The molecule has 2 aliphatic rings. The highest BCUT2D eigenvalue weighted by Gasteiger charge is 2.41. The fraction of sp³-hybridized carbons (Fsp3) is 0.583. The molecule has 2 aliphatic carbocycles. The van der Waals surface area contributed by atoms with E-state index in [9.17, 15) is 4.79 Å². The van der Waals surface area contributed by atoms with Crippen molar-refractivity contribution in [2.24, 2.45) is 17.6 Å². The highest BCUT2D eigenvalue weighted by Crippen LogP contribution is 2.45. The Kier molecular flexibility index (Phi) is 2.46. The van der Waals surface area contributed by atoms with Gasteiger partial charge < -0.3 is 11.1 Å². The summed E-state index contributed by atoms with van der Waals surface area (Å²) < 4.78 is 0. The first-order valence-corrected chi connectivity index (χ1v) is 6.14. The Balaban J connectivity index is 1.68. The molecule has 2 fully saturated rings. The van der Waals surface area contributed by atoms with Crippen LogP contribution >= 0.6 is 0 Å². The maximum atomic E-state index is 10.9. The zero-order chi connectivity index (χ0) is 11.8. The van der Waals surface area contributed by atoms with Gasteiger partial charge in [0.1, 0.15) is 5.82 Å². The fourth-order valence-electron chi connectivity index (χ4n) is 2.24. The van der Waals surface area contributed by atoms with E-state index in [0.717, 1.165) is 17.7 Å². The molecule has 0 atom stereocenters. The van der Waals surface area contributed by atoms with Crippen molar-refractivity contribution < 1.29 is 4.79 Å². The third-order valence-corrected chi connectivity index (χ3v) is 3.49. The van der Waals surface area contributed by atoms with Crippen LogP contribution in [0.1, 0.15) is 36.2 Å². The predicted molar refractivity (Wildman–Crippen MR) is 63.4 cm³/mol. The van der Waals surface area contributed by atoms with E-state index in [1.807, 2.05) is 0 Å². The van der Waals surface area contributed by atoms with E-state index in [1.165, 1.54) is 25.7 Å². The van der Waals surface area contributed by atoms with Crippen molar-refractivity contribution in [2.75, 3.05) is 5.32 Å². The van der Waals surface area contributed by atoms with Crippen LogP contribution in [-0.2, 0) is 0 Å². The molecule has 1 aromatic rings. The van der Waals surface area contributed by atoms with Gasteiger partial charge in [-0.05, 0) is 49.7 Å². The summed E-state index contributed by atoms with van der Waals surface area (Å²) in [4.78, 5) is 10.9. The largest absolute Gasteiger partial charge is 0.365 e. The van der Waals surface area contributed by atoms with Crippen molar-refractivity contribution >= 4 is 11.7 Å². The molecule has 0 unspecified atom stereocenters. The fourth-order valence-corrected chi connectivity index (χ4v) is 2.24. The van der Waals surface area contributed by atoms with Crippen molar-refractivity contribution in [3.8, 4) is 0 Å². The number of hydrogen-bond donors (Lipinski definition) is 2. The van der Waals surface area contributed by atoms with E-state index in [4.69, 9.17) is 5.73 Å². The van der Waals surface area contributed by atoms with Gasteiger partial charge in [-0.3, -0.25) is 4.79 Å². The molecule has 1 heterocycles. The summed E-state index contributed by atoms with van der Waals surface area (Å²) in [5.41, 5.74) is 5.33. The SMILES string of the molecule is NC(=O)c1ccc(NC(C2CC2)C2CC2)nn1. The van der Waals surface area contributed by atoms with Gasteiger partial charge in [0.25, 0.3) is 5.91 Å². The molecule has 0 bridgehead atoms. The van der Waals surface area contributed by atoms with Gasteiger partial charge in [0.15, 0.2) is 5.69 Å². The number of nitrogens with one attached hydrogen (secondary N) is 1. The van der Waals surface area contributed by atoms with E-state index in [-0.39, 0.29) is 5.69 Å². The highest BCUT2D eigenvalue weighted by molar-refractivity contribution is 5.90. The van der Waals surface area contributed by atoms with Crippen molar-refractivity contribution in [2.45, 2.75) is 31.7 Å². The predicted octanol–water partition coefficient (Wildman–Crippen LogP) is 1.18. The lowest BCUT2D eigenvalue weighted by Crippen LogP contribution is -2.25. The van der Waals surface area contributed by atoms with E-state index < -0.39 is 5.91 Å². The second-order valence-electron chi connectivity index (χ2n) is 5.01. The number of hydrogen-bond acceptors (Lipinski definition) is 4. The molecular formula is C12H16N4O. The summed E-state index contributed by atoms with van der Waals surface area (Å²) in [7, 11) is 0. The minimum Gasteiger partial charge on any atom is -0.365 e. The Morgan fingerprint density at radius 2 is 1.88 bits per heavy atom. The summed E-state index contributed by atoms with van der Waals surface area (Å²) in [6.07, 6.45) is 5.28. The molecule has 3 N–H and O–H groups in total. The minimum atomic E-state index is -0.537. The van der Waals surface area contributed by atoms with Crippen LogP contribution in [0.15, 0.2) is 12.1 Å². The van der Waals surface area contributed by atoms with Crippen LogP contribution < -0.4 is 11.1 Å². The van der Waals surface area contributed by atoms with Gasteiger partial charge in [-0.15, -0.1) is 10.2 Å². The van der Waals surface area contributed by atoms with Gasteiger partial charge >= 0.3 is 0 Å². The number of aromatic nitrogens is 2. The Morgan fingerprint density at radius 1 is 1.24 bits per heavy atom. The molecular weight excluding hydrogens is 216 g/mol. The third kappa shape index (κ3) is 2.38. The summed E-state index contributed by atoms with van der Waals surface area (Å²) in [6.45, 7) is 0. The molecule has 90 valence electrons. The molecule has 0 radical (unpaired) electrons. The standard InChI is InChI=1S/C12H16N4O/c13-12(17)9-5-6-10(16-15-9)14-11(7-1-2-7)8-3-4-8/h5-8,11H,1-4H2,(H2,13,17)(H,14,16). The number of nitrogens with two attached hydrogens (primary N) is 1. The summed E-state index contributed by atoms with van der Waals surface area (Å²) >= 11 is 0. The normalized spacial score (nSPS) is 19.4. The Morgan fingerprint density at radius 3 is 2.29 bits per heavy atom. The Hall–Kier alpha value is -1.65. The van der Waals surface area contributed by atoms with Gasteiger partial charge in [0.2, 0.25) is 0 Å². The molecule has 2 saturated carbocycles. The number of primary amides is 1. The molecule has 3 rings (SSSR count). The van der Waals surface area contributed by atoms with Crippen LogP contribution in [0, 0.1) is 11.8 Å². The monoisotopic (exact) mass is 232 g/mol. The van der Waals surface area contributed by atoms with Crippen molar-refractivity contribution in [1.82, 2.24) is 10.2 Å². The summed E-state index contributed by atoms with van der Waals surface area (Å²) in [6, 6.07) is 3.95. The van der Waals surface area contributed by atoms with Gasteiger partial charge in [0.05, 0.1) is 0 Å². The summed E-state index contributed by atoms with van der Waals surface area (Å²) in [5, 5.41) is 11.2. The lowest BCUT2D eigenvalue weighted by atomic mass is 10.1. The lowest BCUT2D eigenvalue weighted by Gasteiger charge is -2.17. The average molecular weight is 232 g/mol. The zero-order valence-corrected chi connectivity index (χ0v) is 9.60. The van der Waals surface area contributed by atoms with E-state index in [2.05, 4.69) is 15.5 Å². The van der Waals surface area contributed by atoms with Crippen LogP contribution in [0.3, 0.4) is 0 Å². The maximum absolute atomic E-state index is 10.9. The Labute approximate surface area is 99.8 Å². The van der Waals surface area contributed by atoms with Crippen molar-refractivity contribution in [1.29, 1.82) is 0 Å². The molecule has 0 saturated heterocycles. The van der Waals surface area contributed by atoms with Crippen LogP contribution in [0.4, 0.5) is 5.82 Å². The van der Waals surface area contributed by atoms with Crippen LogP contribution in [-0.4, -0.2) is 22.1 Å². The zero-order valence-electron chi connectivity index (χ0n) is 9.60. The number of amides is 1. The lowest BCUT2D eigenvalue weighted by molar-refractivity contribution is 0.0994. The number of carbonyl (C=O) groups excluding carboxylic acids is 1.